The van der Waals surface area contributed by atoms with E-state index in [4.69, 9.17) is 0 Å². The molecule has 0 aromatic heterocycles. The Bertz CT molecular complexity index is 1260. The van der Waals surface area contributed by atoms with E-state index in [2.05, 4.69) is 80.0 Å². The van der Waals surface area contributed by atoms with E-state index in [1.807, 2.05) is 6.08 Å². The average molecular weight is 782 g/mol. The zero-order valence-corrected chi connectivity index (χ0v) is 36.5. The van der Waals surface area contributed by atoms with Crippen molar-refractivity contribution in [1.82, 2.24) is 0 Å². The van der Waals surface area contributed by atoms with Crippen LogP contribution in [-0.2, 0) is 29.3 Å². The van der Waals surface area contributed by atoms with E-state index in [1.165, 1.54) is 213 Å². The van der Waals surface area contributed by atoms with Crippen molar-refractivity contribution in [1.29, 1.82) is 0 Å². The van der Waals surface area contributed by atoms with Crippen LogP contribution in [0, 0.1) is 0 Å². The molecule has 0 radical (unpaired) electrons. The van der Waals surface area contributed by atoms with Gasteiger partial charge in [0.05, 0.1) is 6.08 Å². The summed E-state index contributed by atoms with van der Waals surface area (Å²) in [5.41, 5.74) is 17.0. The van der Waals surface area contributed by atoms with Gasteiger partial charge in [0.2, 0.25) is 0 Å². The Hall–Kier alpha value is -2.17. The molecule has 0 bridgehead atoms. The second kappa shape index (κ2) is 36.5. The van der Waals surface area contributed by atoms with Crippen molar-refractivity contribution in [2.24, 2.45) is 0 Å². The summed E-state index contributed by atoms with van der Waals surface area (Å²) in [6, 6.07) is 18.4. The Morgan fingerprint density at radius 2 is 0.907 bits per heavy atom. The minimum Gasteiger partial charge on any atom is -0.348 e. The van der Waals surface area contributed by atoms with Crippen LogP contribution in [0.1, 0.15) is 236 Å². The van der Waals surface area contributed by atoms with E-state index in [9.17, 15) is 5.53 Å². The van der Waals surface area contributed by atoms with Crippen molar-refractivity contribution < 1.29 is 21.3 Å². The first-order valence-electron chi connectivity index (χ1n) is 23.1. The van der Waals surface area contributed by atoms with Gasteiger partial charge in [-0.1, -0.05) is 236 Å². The molecule has 0 heterocycles. The van der Waals surface area contributed by atoms with Gasteiger partial charge in [-0.05, 0) is 71.9 Å². The van der Waals surface area contributed by atoms with Crippen molar-refractivity contribution in [3.05, 3.63) is 88.0 Å². The second-order valence-corrected chi connectivity index (χ2v) is 16.1. The fourth-order valence-corrected chi connectivity index (χ4v) is 7.87. The molecule has 54 heavy (non-hydrogen) atoms. The first-order valence-corrected chi connectivity index (χ1v) is 23.1. The number of rotatable bonds is 35. The van der Waals surface area contributed by atoms with E-state index in [0.29, 0.717) is 0 Å². The third-order valence-electron chi connectivity index (χ3n) is 11.3. The monoisotopic (exact) mass is 781 g/mol. The molecule has 0 amide bonds. The number of unbranched alkanes of at least 4 members (excludes halogenated alkanes) is 26. The third kappa shape index (κ3) is 25.1. The van der Waals surface area contributed by atoms with Crippen molar-refractivity contribution in [3.8, 4) is 0 Å². The Labute approximate surface area is 345 Å². The Kier molecular flexibility index (Phi) is 33.7. The summed E-state index contributed by atoms with van der Waals surface area (Å²) in [6.45, 7) is 6.80. The Balaban J connectivity index is 0.0000146. The van der Waals surface area contributed by atoms with Crippen LogP contribution >= 0.6 is 0 Å². The molecule has 3 heteroatoms. The molecule has 0 fully saturated rings. The van der Waals surface area contributed by atoms with E-state index < -0.39 is 0 Å². The van der Waals surface area contributed by atoms with Crippen LogP contribution in [0.15, 0.2) is 60.2 Å². The van der Waals surface area contributed by atoms with Gasteiger partial charge in [0.25, 0.3) is 5.87 Å². The zero-order chi connectivity index (χ0) is 37.9. The summed E-state index contributed by atoms with van der Waals surface area (Å²) in [5, 5.41) is 0. The van der Waals surface area contributed by atoms with Crippen LogP contribution in [0.2, 0.25) is 0 Å². The first-order chi connectivity index (χ1) is 26.2. The molecule has 0 saturated heterocycles. The maximum Gasteiger partial charge on any atom is 0.299 e. The molecule has 2 nitrogen and oxygen atoms in total. The van der Waals surface area contributed by atoms with Crippen molar-refractivity contribution in [3.63, 3.8) is 0 Å². The van der Waals surface area contributed by atoms with Gasteiger partial charge in [-0.2, -0.15) is 0 Å². The molecule has 0 aliphatic rings. The molecular formula is C51H82N2Ni. The summed E-state index contributed by atoms with van der Waals surface area (Å²) >= 11 is 0. The maximum absolute atomic E-state index is 9.22. The number of aryl methyl sites for hydroxylation is 2. The largest absolute Gasteiger partial charge is 0.348 e. The molecule has 0 unspecified atom stereocenters. The van der Waals surface area contributed by atoms with Gasteiger partial charge >= 0.3 is 0 Å². The van der Waals surface area contributed by atoms with Gasteiger partial charge in [-0.25, -0.2) is 0 Å². The molecule has 0 aliphatic heterocycles. The molecule has 0 aliphatic carbocycles. The van der Waals surface area contributed by atoms with Crippen LogP contribution in [0.3, 0.4) is 0 Å². The second-order valence-electron chi connectivity index (χ2n) is 16.1. The molecule has 2 rings (SSSR count). The van der Waals surface area contributed by atoms with Crippen LogP contribution in [0.5, 0.6) is 0 Å². The molecule has 2 aromatic carbocycles. The summed E-state index contributed by atoms with van der Waals surface area (Å²) in [5.74, 6) is 2.74. The Morgan fingerprint density at radius 3 is 1.37 bits per heavy atom. The van der Waals surface area contributed by atoms with Crippen LogP contribution in [0.25, 0.3) is 11.1 Å². The first kappa shape index (κ1) is 49.9. The maximum atomic E-state index is 9.22. The average Bonchev–Trinajstić information content (AvgIpc) is 3.18. The minimum atomic E-state index is 0. The predicted octanol–water partition coefficient (Wildman–Crippen LogP) is 16.8. The standard InChI is InChI=1S/C51H82N2.Ni/c1-4-7-10-11-12-13-14-15-16-17-18-19-20-21-22-23-24-25-26-27-28-29-30-32-35-46-39-41-49(42-40-46)51(48(43-44-53-52)37-31-8-5-2)50-38-33-36-47(45-50)34-9-6-3;/h33,36,38-43,45H,4-32,34-35,37H2,1-3H3;. The fourth-order valence-electron chi connectivity index (χ4n) is 7.87. The normalized spacial score (nSPS) is 11.5. The van der Waals surface area contributed by atoms with Gasteiger partial charge in [-0.15, -0.1) is 4.79 Å². The van der Waals surface area contributed by atoms with E-state index in [0.717, 1.165) is 25.7 Å². The van der Waals surface area contributed by atoms with E-state index >= 15 is 0 Å². The van der Waals surface area contributed by atoms with E-state index in [1.54, 1.807) is 0 Å². The minimum absolute atomic E-state index is 0. The fraction of sp³-hybridized carbons (Fsp3) is 0.686. The predicted molar refractivity (Wildman–Crippen MR) is 235 cm³/mol. The number of nitrogens with zero attached hydrogens (tertiary/aromatic N) is 2. The van der Waals surface area contributed by atoms with Crippen LogP contribution in [0.4, 0.5) is 0 Å². The molecule has 0 atom stereocenters. The third-order valence-corrected chi connectivity index (χ3v) is 11.3. The summed E-state index contributed by atoms with van der Waals surface area (Å²) < 4.78 is 0. The van der Waals surface area contributed by atoms with Gasteiger partial charge in [-0.3, -0.25) is 0 Å². The number of hydrogen-bond acceptors (Lipinski definition) is 0. The quantitative estimate of drug-likeness (QED) is 0.0167. The number of allylic oxidation sites excluding steroid dienone is 2. The molecule has 0 spiro atoms. The molecule has 0 N–H and O–H groups in total. The van der Waals surface area contributed by atoms with Gasteiger partial charge in [0.1, 0.15) is 0 Å². The van der Waals surface area contributed by atoms with Crippen molar-refractivity contribution in [2.45, 2.75) is 226 Å². The number of hydrogen-bond donors (Lipinski definition) is 0. The molecular weight excluding hydrogens is 699 g/mol. The smallest absolute Gasteiger partial charge is 0.299 e. The molecule has 2 aromatic rings. The zero-order valence-electron chi connectivity index (χ0n) is 35.5. The summed E-state index contributed by atoms with van der Waals surface area (Å²) in [4.78, 5) is 3.21. The summed E-state index contributed by atoms with van der Waals surface area (Å²) in [7, 11) is 0. The van der Waals surface area contributed by atoms with Gasteiger partial charge in [0, 0.05) is 16.5 Å². The number of benzene rings is 2. The van der Waals surface area contributed by atoms with Gasteiger partial charge < -0.3 is 5.53 Å². The van der Waals surface area contributed by atoms with Crippen molar-refractivity contribution in [2.75, 3.05) is 0 Å². The molecule has 0 saturated carbocycles. The topological polar surface area (TPSA) is 36.4 Å². The Morgan fingerprint density at radius 1 is 0.481 bits per heavy atom. The van der Waals surface area contributed by atoms with E-state index in [-0.39, 0.29) is 16.5 Å². The van der Waals surface area contributed by atoms with Gasteiger partial charge in [0.15, 0.2) is 0 Å². The SMILES string of the molecule is CCCCCCCCCCCCCCCCCCCCCCCCCCc1ccc(C(=C(C=C=[N+]=[N-])CCCCC)c2cccc(CCCC)c2)cc1.[Ni]. The summed E-state index contributed by atoms with van der Waals surface area (Å²) in [6.07, 6.45) is 45.4. The van der Waals surface area contributed by atoms with Crippen LogP contribution < -0.4 is 0 Å². The van der Waals surface area contributed by atoms with Crippen molar-refractivity contribution >= 4 is 11.4 Å². The molecule has 306 valence electrons. The van der Waals surface area contributed by atoms with Crippen LogP contribution in [-0.4, -0.2) is 10.7 Å².